The molecular formula is C12H20N2O3. The summed E-state index contributed by atoms with van der Waals surface area (Å²) < 4.78 is 5.38. The Hall–Kier alpha value is -1.36. The molecule has 0 amide bonds. The van der Waals surface area contributed by atoms with E-state index in [2.05, 4.69) is 10.3 Å². The Labute approximate surface area is 101 Å². The molecule has 0 aliphatic heterocycles. The number of carboxylic acids is 1. The maximum absolute atomic E-state index is 11.0. The van der Waals surface area contributed by atoms with E-state index in [0.717, 1.165) is 24.3 Å². The molecule has 0 aliphatic carbocycles. The van der Waals surface area contributed by atoms with Crippen molar-refractivity contribution >= 4 is 5.97 Å². The largest absolute Gasteiger partial charge is 0.480 e. The number of unbranched alkanes of at least 4 members (excludes halogenated alkanes) is 1. The van der Waals surface area contributed by atoms with Crippen LogP contribution in [0.3, 0.4) is 0 Å². The van der Waals surface area contributed by atoms with Gasteiger partial charge in [-0.15, -0.1) is 0 Å². The first kappa shape index (κ1) is 13.7. The van der Waals surface area contributed by atoms with Crippen molar-refractivity contribution in [2.24, 2.45) is 0 Å². The fraction of sp³-hybridized carbons (Fsp3) is 0.667. The van der Waals surface area contributed by atoms with Crippen molar-refractivity contribution in [2.75, 3.05) is 0 Å². The lowest BCUT2D eigenvalue weighted by atomic mass is 10.1. The Morgan fingerprint density at radius 3 is 2.71 bits per heavy atom. The average Bonchev–Trinajstić information content (AvgIpc) is 2.58. The van der Waals surface area contributed by atoms with Crippen LogP contribution in [0, 0.1) is 13.8 Å². The number of aryl methyl sites for hydroxylation is 2. The zero-order chi connectivity index (χ0) is 12.8. The molecule has 1 unspecified atom stereocenters. The number of nitrogens with one attached hydrogen (secondary N) is 1. The number of hydrogen-bond acceptors (Lipinski definition) is 4. The number of oxazole rings is 1. The summed E-state index contributed by atoms with van der Waals surface area (Å²) in [6, 6.07) is -0.525. The molecule has 96 valence electrons. The quantitative estimate of drug-likeness (QED) is 0.762. The second kappa shape index (κ2) is 6.39. The third-order valence-corrected chi connectivity index (χ3v) is 2.72. The Bertz CT molecular complexity index is 354. The van der Waals surface area contributed by atoms with Crippen LogP contribution < -0.4 is 5.32 Å². The molecule has 0 fully saturated rings. The molecule has 0 radical (unpaired) electrons. The van der Waals surface area contributed by atoms with Crippen LogP contribution in [0.2, 0.25) is 0 Å². The van der Waals surface area contributed by atoms with E-state index in [-0.39, 0.29) is 0 Å². The fourth-order valence-electron chi connectivity index (χ4n) is 1.55. The molecule has 1 aromatic heterocycles. The number of rotatable bonds is 7. The summed E-state index contributed by atoms with van der Waals surface area (Å²) in [5.74, 6) is 0.503. The number of hydrogen-bond donors (Lipinski definition) is 2. The molecule has 1 heterocycles. The summed E-state index contributed by atoms with van der Waals surface area (Å²) in [6.45, 7) is 6.11. The summed E-state index contributed by atoms with van der Waals surface area (Å²) >= 11 is 0. The van der Waals surface area contributed by atoms with E-state index in [9.17, 15) is 4.79 Å². The predicted octanol–water partition coefficient (Wildman–Crippen LogP) is 2.02. The standard InChI is InChI=1S/C12H20N2O3/c1-4-5-6-10(12(15)16)13-7-11-14-8(2)9(3)17-11/h10,13H,4-7H2,1-3H3,(H,15,16). The van der Waals surface area contributed by atoms with E-state index in [1.807, 2.05) is 20.8 Å². The lowest BCUT2D eigenvalue weighted by Crippen LogP contribution is -2.36. The van der Waals surface area contributed by atoms with Gasteiger partial charge in [-0.2, -0.15) is 0 Å². The molecule has 17 heavy (non-hydrogen) atoms. The number of aliphatic carboxylic acids is 1. The number of carbonyl (C=O) groups is 1. The summed E-state index contributed by atoms with van der Waals surface area (Å²) in [5, 5.41) is 12.0. The fourth-order valence-corrected chi connectivity index (χ4v) is 1.55. The summed E-state index contributed by atoms with van der Waals surface area (Å²) in [5.41, 5.74) is 0.849. The van der Waals surface area contributed by atoms with Crippen molar-refractivity contribution in [1.29, 1.82) is 0 Å². The first-order chi connectivity index (χ1) is 8.04. The van der Waals surface area contributed by atoms with Crippen molar-refractivity contribution in [3.8, 4) is 0 Å². The highest BCUT2D eigenvalue weighted by molar-refractivity contribution is 5.73. The van der Waals surface area contributed by atoms with Crippen LogP contribution in [0.4, 0.5) is 0 Å². The molecule has 1 rings (SSSR count). The molecule has 1 atom stereocenters. The lowest BCUT2D eigenvalue weighted by Gasteiger charge is -2.12. The number of aromatic nitrogens is 1. The minimum atomic E-state index is -0.821. The monoisotopic (exact) mass is 240 g/mol. The number of nitrogens with zero attached hydrogens (tertiary/aromatic N) is 1. The summed E-state index contributed by atoms with van der Waals surface area (Å²) in [6.07, 6.45) is 2.51. The van der Waals surface area contributed by atoms with Crippen LogP contribution in [0.15, 0.2) is 4.42 Å². The maximum Gasteiger partial charge on any atom is 0.320 e. The predicted molar refractivity (Wildman–Crippen MR) is 63.8 cm³/mol. The van der Waals surface area contributed by atoms with Gasteiger partial charge in [0.1, 0.15) is 11.8 Å². The zero-order valence-electron chi connectivity index (χ0n) is 10.6. The Kier molecular flexibility index (Phi) is 5.15. The van der Waals surface area contributed by atoms with E-state index < -0.39 is 12.0 Å². The van der Waals surface area contributed by atoms with Gasteiger partial charge in [0.05, 0.1) is 12.2 Å². The third-order valence-electron chi connectivity index (χ3n) is 2.72. The molecule has 5 nitrogen and oxygen atoms in total. The van der Waals surface area contributed by atoms with E-state index in [1.165, 1.54) is 0 Å². The van der Waals surface area contributed by atoms with Gasteiger partial charge in [0.25, 0.3) is 0 Å². The molecule has 0 saturated carbocycles. The van der Waals surface area contributed by atoms with Crippen molar-refractivity contribution < 1.29 is 14.3 Å². The SMILES string of the molecule is CCCCC(NCc1nc(C)c(C)o1)C(=O)O. The van der Waals surface area contributed by atoms with Crippen LogP contribution in [0.1, 0.15) is 43.5 Å². The smallest absolute Gasteiger partial charge is 0.320 e. The van der Waals surface area contributed by atoms with Gasteiger partial charge < -0.3 is 9.52 Å². The Morgan fingerprint density at radius 1 is 1.53 bits per heavy atom. The summed E-state index contributed by atoms with van der Waals surface area (Å²) in [4.78, 5) is 15.2. The van der Waals surface area contributed by atoms with Gasteiger partial charge in [-0.1, -0.05) is 19.8 Å². The minimum absolute atomic E-state index is 0.357. The molecule has 1 aromatic rings. The highest BCUT2D eigenvalue weighted by Gasteiger charge is 2.17. The van der Waals surface area contributed by atoms with Crippen LogP contribution in [0.5, 0.6) is 0 Å². The van der Waals surface area contributed by atoms with Crippen molar-refractivity contribution in [2.45, 2.75) is 52.6 Å². The molecule has 0 bridgehead atoms. The van der Waals surface area contributed by atoms with Crippen molar-refractivity contribution in [3.63, 3.8) is 0 Å². The first-order valence-corrected chi connectivity index (χ1v) is 5.93. The van der Waals surface area contributed by atoms with Gasteiger partial charge in [-0.05, 0) is 20.3 Å². The second-order valence-electron chi connectivity index (χ2n) is 4.16. The zero-order valence-corrected chi connectivity index (χ0v) is 10.6. The third kappa shape index (κ3) is 4.19. The maximum atomic E-state index is 11.0. The van der Waals surface area contributed by atoms with Crippen LogP contribution in [0.25, 0.3) is 0 Å². The molecular weight excluding hydrogens is 220 g/mol. The topological polar surface area (TPSA) is 75.4 Å². The van der Waals surface area contributed by atoms with Gasteiger partial charge >= 0.3 is 5.97 Å². The molecule has 2 N–H and O–H groups in total. The minimum Gasteiger partial charge on any atom is -0.480 e. The normalized spacial score (nSPS) is 12.6. The highest BCUT2D eigenvalue weighted by Crippen LogP contribution is 2.09. The van der Waals surface area contributed by atoms with Crippen LogP contribution >= 0.6 is 0 Å². The van der Waals surface area contributed by atoms with Gasteiger partial charge in [-0.25, -0.2) is 4.98 Å². The van der Waals surface area contributed by atoms with Gasteiger partial charge in [0.15, 0.2) is 0 Å². The van der Waals surface area contributed by atoms with Crippen molar-refractivity contribution in [3.05, 3.63) is 17.3 Å². The van der Waals surface area contributed by atoms with Gasteiger partial charge in [-0.3, -0.25) is 10.1 Å². The van der Waals surface area contributed by atoms with Gasteiger partial charge in [0, 0.05) is 0 Å². The van der Waals surface area contributed by atoms with Crippen molar-refractivity contribution in [1.82, 2.24) is 10.3 Å². The average molecular weight is 240 g/mol. The molecule has 0 aromatic carbocycles. The molecule has 5 heteroatoms. The van der Waals surface area contributed by atoms with E-state index >= 15 is 0 Å². The first-order valence-electron chi connectivity index (χ1n) is 5.93. The number of carboxylic acid groups (broad SMARTS) is 1. The van der Waals surface area contributed by atoms with E-state index in [0.29, 0.717) is 18.9 Å². The molecule has 0 saturated heterocycles. The lowest BCUT2D eigenvalue weighted by molar-refractivity contribution is -0.139. The highest BCUT2D eigenvalue weighted by atomic mass is 16.4. The molecule has 0 aliphatic rings. The summed E-state index contributed by atoms with van der Waals surface area (Å²) in [7, 11) is 0. The van der Waals surface area contributed by atoms with E-state index in [4.69, 9.17) is 9.52 Å². The molecule has 0 spiro atoms. The van der Waals surface area contributed by atoms with Gasteiger partial charge in [0.2, 0.25) is 5.89 Å². The van der Waals surface area contributed by atoms with Crippen LogP contribution in [-0.4, -0.2) is 22.1 Å². The van der Waals surface area contributed by atoms with Crippen LogP contribution in [-0.2, 0) is 11.3 Å². The van der Waals surface area contributed by atoms with E-state index in [1.54, 1.807) is 0 Å². The Balaban J connectivity index is 2.48. The Morgan fingerprint density at radius 2 is 2.24 bits per heavy atom. The second-order valence-corrected chi connectivity index (χ2v) is 4.16.